The number of aliphatic imine (C=N–C) groups is 1. The Balaban J connectivity index is 1.75. The summed E-state index contributed by atoms with van der Waals surface area (Å²) < 4.78 is 5.26. The van der Waals surface area contributed by atoms with E-state index >= 15 is 0 Å². The van der Waals surface area contributed by atoms with Crippen LogP contribution in [0.1, 0.15) is 31.9 Å². The third-order valence-corrected chi connectivity index (χ3v) is 6.80. The summed E-state index contributed by atoms with van der Waals surface area (Å²) in [7, 11) is 1.62. The van der Waals surface area contributed by atoms with Gasteiger partial charge >= 0.3 is 0 Å². The second-order valence-corrected chi connectivity index (χ2v) is 8.91. The van der Waals surface area contributed by atoms with Crippen LogP contribution in [-0.4, -0.2) is 37.6 Å². The third-order valence-electron chi connectivity index (χ3n) is 5.33. The molecule has 158 valence electrons. The van der Waals surface area contributed by atoms with E-state index in [1.807, 2.05) is 38.1 Å². The molecule has 7 heteroatoms. The largest absolute Gasteiger partial charge is 0.497 e. The van der Waals surface area contributed by atoms with E-state index in [1.54, 1.807) is 36.3 Å². The Morgan fingerprint density at radius 1 is 1.19 bits per heavy atom. The van der Waals surface area contributed by atoms with E-state index in [-0.39, 0.29) is 24.8 Å². The molecule has 0 radical (unpaired) electrons. The number of fused-ring (bicyclic) bond motifs is 1. The lowest BCUT2D eigenvalue weighted by molar-refractivity contribution is -0.117. The van der Waals surface area contributed by atoms with Crippen molar-refractivity contribution >= 4 is 45.3 Å². The quantitative estimate of drug-likeness (QED) is 0.506. The lowest BCUT2D eigenvalue weighted by Crippen LogP contribution is -2.36. The van der Waals surface area contributed by atoms with Crippen LogP contribution in [0.15, 0.2) is 53.5 Å². The summed E-state index contributed by atoms with van der Waals surface area (Å²) in [6.45, 7) is 3.96. The van der Waals surface area contributed by atoms with Crippen LogP contribution in [0.4, 0.5) is 5.00 Å². The number of hydrogen-bond donors (Lipinski definition) is 0. The van der Waals surface area contributed by atoms with Gasteiger partial charge in [-0.15, -0.1) is 11.3 Å². The number of amides is 1. The number of Topliss-reactive ketones (excluding diaryl/α,β-unsaturated/α-hetero) is 1. The molecule has 0 N–H and O–H groups in total. The van der Waals surface area contributed by atoms with Crippen LogP contribution in [0.25, 0.3) is 0 Å². The zero-order valence-electron chi connectivity index (χ0n) is 17.4. The summed E-state index contributed by atoms with van der Waals surface area (Å²) in [5.41, 5.74) is 4.10. The predicted octanol–water partition coefficient (Wildman–Crippen LogP) is 5.09. The molecule has 0 unspecified atom stereocenters. The van der Waals surface area contributed by atoms with Crippen LogP contribution in [0.3, 0.4) is 0 Å². The second-order valence-electron chi connectivity index (χ2n) is 7.27. The molecule has 31 heavy (non-hydrogen) atoms. The normalized spacial score (nSPS) is 13.5. The van der Waals surface area contributed by atoms with Gasteiger partial charge in [-0.1, -0.05) is 23.7 Å². The average Bonchev–Trinajstić information content (AvgIpc) is 2.98. The second kappa shape index (κ2) is 8.65. The van der Waals surface area contributed by atoms with Gasteiger partial charge in [0.25, 0.3) is 0 Å². The maximum Gasteiger partial charge on any atom is 0.249 e. The zero-order valence-corrected chi connectivity index (χ0v) is 19.0. The molecule has 0 atom stereocenters. The molecule has 0 bridgehead atoms. The SMILES string of the molecule is COc1ccc(C2=NCC(=O)N(CC(=O)c3cccc(Cl)c3)c3sc(C)c(C)c32)cc1. The fourth-order valence-electron chi connectivity index (χ4n) is 3.54. The van der Waals surface area contributed by atoms with Gasteiger partial charge in [-0.25, -0.2) is 0 Å². The Bertz CT molecular complexity index is 1200. The molecule has 5 nitrogen and oxygen atoms in total. The van der Waals surface area contributed by atoms with Gasteiger partial charge in [0.05, 0.1) is 19.4 Å². The van der Waals surface area contributed by atoms with E-state index in [4.69, 9.17) is 16.3 Å². The summed E-state index contributed by atoms with van der Waals surface area (Å²) >= 11 is 7.55. The van der Waals surface area contributed by atoms with Crippen LogP contribution in [0, 0.1) is 13.8 Å². The minimum absolute atomic E-state index is 0.0237. The molecule has 1 amide bonds. The Hall–Kier alpha value is -2.96. The fourth-order valence-corrected chi connectivity index (χ4v) is 4.91. The van der Waals surface area contributed by atoms with Gasteiger partial charge in [-0.3, -0.25) is 19.5 Å². The Morgan fingerprint density at radius 2 is 1.94 bits per heavy atom. The summed E-state index contributed by atoms with van der Waals surface area (Å²) in [6.07, 6.45) is 0. The molecule has 0 spiro atoms. The van der Waals surface area contributed by atoms with Gasteiger partial charge in [0.15, 0.2) is 5.78 Å². The number of halogens is 1. The highest BCUT2D eigenvalue weighted by atomic mass is 35.5. The van der Waals surface area contributed by atoms with Crippen molar-refractivity contribution in [2.24, 2.45) is 4.99 Å². The average molecular weight is 453 g/mol. The number of thiophene rings is 1. The monoisotopic (exact) mass is 452 g/mol. The van der Waals surface area contributed by atoms with Crippen LogP contribution < -0.4 is 9.64 Å². The number of benzene rings is 2. The highest BCUT2D eigenvalue weighted by molar-refractivity contribution is 7.17. The van der Waals surface area contributed by atoms with Crippen molar-refractivity contribution in [3.05, 3.63) is 80.7 Å². The number of ether oxygens (including phenoxy) is 1. The molecular formula is C24H21ClN2O3S. The number of hydrogen-bond acceptors (Lipinski definition) is 5. The van der Waals surface area contributed by atoms with Crippen molar-refractivity contribution in [3.8, 4) is 5.75 Å². The first kappa shape index (κ1) is 21.3. The molecule has 2 aromatic carbocycles. The first-order valence-corrected chi connectivity index (χ1v) is 11.0. The Kier molecular flexibility index (Phi) is 5.94. The van der Waals surface area contributed by atoms with E-state index in [1.165, 1.54) is 11.3 Å². The van der Waals surface area contributed by atoms with Gasteiger partial charge < -0.3 is 4.74 Å². The number of carbonyl (C=O) groups is 2. The topological polar surface area (TPSA) is 59.0 Å². The minimum Gasteiger partial charge on any atom is -0.497 e. The van der Waals surface area contributed by atoms with E-state index in [0.29, 0.717) is 10.6 Å². The summed E-state index contributed by atoms with van der Waals surface area (Å²) in [4.78, 5) is 33.3. The van der Waals surface area contributed by atoms with Crippen LogP contribution in [0.2, 0.25) is 5.02 Å². The lowest BCUT2D eigenvalue weighted by Gasteiger charge is -2.20. The number of rotatable bonds is 5. The molecule has 1 aromatic heterocycles. The fraction of sp³-hybridized carbons (Fsp3) is 0.208. The Labute approximate surface area is 189 Å². The van der Waals surface area contributed by atoms with E-state index in [0.717, 1.165) is 38.0 Å². The third kappa shape index (κ3) is 4.13. The van der Waals surface area contributed by atoms with Crippen LogP contribution in [-0.2, 0) is 4.79 Å². The first-order chi connectivity index (χ1) is 14.9. The number of methoxy groups -OCH3 is 1. The molecule has 0 saturated carbocycles. The molecule has 2 heterocycles. The number of nitrogens with zero attached hydrogens (tertiary/aromatic N) is 2. The first-order valence-electron chi connectivity index (χ1n) is 9.77. The van der Waals surface area contributed by atoms with Crippen LogP contribution in [0.5, 0.6) is 5.75 Å². The standard InChI is InChI=1S/C24H21ClN2O3S/c1-14-15(2)31-24-22(14)23(16-7-9-19(30-3)10-8-16)26-12-21(29)27(24)13-20(28)17-5-4-6-18(25)11-17/h4-11H,12-13H2,1-3H3. The van der Waals surface area contributed by atoms with Crippen LogP contribution >= 0.6 is 22.9 Å². The minimum atomic E-state index is -0.207. The number of ketones is 1. The van der Waals surface area contributed by atoms with Crippen molar-refractivity contribution in [2.45, 2.75) is 13.8 Å². The Morgan fingerprint density at radius 3 is 2.61 bits per heavy atom. The number of anilines is 1. The summed E-state index contributed by atoms with van der Waals surface area (Å²) in [6, 6.07) is 14.4. The van der Waals surface area contributed by atoms with Gasteiger partial charge in [-0.05, 0) is 55.8 Å². The highest BCUT2D eigenvalue weighted by Crippen LogP contribution is 2.39. The molecule has 3 aromatic rings. The number of aryl methyl sites for hydroxylation is 1. The van der Waals surface area contributed by atoms with E-state index in [9.17, 15) is 9.59 Å². The lowest BCUT2D eigenvalue weighted by atomic mass is 9.99. The van der Waals surface area contributed by atoms with Crippen molar-refractivity contribution < 1.29 is 14.3 Å². The van der Waals surface area contributed by atoms with Gasteiger partial charge in [0.2, 0.25) is 5.91 Å². The van der Waals surface area contributed by atoms with Crippen molar-refractivity contribution in [1.82, 2.24) is 0 Å². The summed E-state index contributed by atoms with van der Waals surface area (Å²) in [5, 5.41) is 1.24. The van der Waals surface area contributed by atoms with E-state index < -0.39 is 0 Å². The molecule has 1 aliphatic heterocycles. The van der Waals surface area contributed by atoms with Crippen molar-refractivity contribution in [3.63, 3.8) is 0 Å². The molecule has 0 saturated heterocycles. The molecule has 0 aliphatic carbocycles. The highest BCUT2D eigenvalue weighted by Gasteiger charge is 2.31. The summed E-state index contributed by atoms with van der Waals surface area (Å²) in [5.74, 6) is 0.376. The zero-order chi connectivity index (χ0) is 22.1. The van der Waals surface area contributed by atoms with Crippen molar-refractivity contribution in [2.75, 3.05) is 25.1 Å². The van der Waals surface area contributed by atoms with Gasteiger partial charge in [-0.2, -0.15) is 0 Å². The van der Waals surface area contributed by atoms with Gasteiger partial charge in [0.1, 0.15) is 17.3 Å². The van der Waals surface area contributed by atoms with E-state index in [2.05, 4.69) is 4.99 Å². The maximum absolute atomic E-state index is 13.0. The van der Waals surface area contributed by atoms with Crippen molar-refractivity contribution in [1.29, 1.82) is 0 Å². The number of carbonyl (C=O) groups excluding carboxylic acids is 2. The molecular weight excluding hydrogens is 432 g/mol. The predicted molar refractivity (Wildman–Crippen MR) is 125 cm³/mol. The smallest absolute Gasteiger partial charge is 0.249 e. The molecule has 1 aliphatic rings. The molecule has 4 rings (SSSR count). The molecule has 0 fully saturated rings. The van der Waals surface area contributed by atoms with Gasteiger partial charge in [0, 0.05) is 26.6 Å². The maximum atomic E-state index is 13.0.